The molecule has 2 aliphatic rings. The van der Waals surface area contributed by atoms with Crippen molar-refractivity contribution in [3.8, 4) is 0 Å². The van der Waals surface area contributed by atoms with Crippen LogP contribution in [0.5, 0.6) is 0 Å². The lowest BCUT2D eigenvalue weighted by Crippen LogP contribution is -2.53. The molecular formula is C17H25FN2O. The molecule has 2 aliphatic heterocycles. The lowest BCUT2D eigenvalue weighted by Gasteiger charge is -2.46. The molecule has 2 saturated heterocycles. The van der Waals surface area contributed by atoms with E-state index in [2.05, 4.69) is 16.8 Å². The minimum atomic E-state index is -0.732. The van der Waals surface area contributed by atoms with E-state index < -0.39 is 6.10 Å². The summed E-state index contributed by atoms with van der Waals surface area (Å²) in [6.07, 6.45) is 2.97. The fraction of sp³-hybridized carbons (Fsp3) is 0.647. The molecule has 0 aromatic heterocycles. The number of benzene rings is 1. The molecule has 21 heavy (non-hydrogen) atoms. The lowest BCUT2D eigenvalue weighted by atomic mass is 9.84. The molecule has 3 unspecified atom stereocenters. The average Bonchev–Trinajstić information content (AvgIpc) is 2.48. The predicted molar refractivity (Wildman–Crippen MR) is 81.6 cm³/mol. The minimum absolute atomic E-state index is 0.308. The van der Waals surface area contributed by atoms with Crippen molar-refractivity contribution in [1.29, 1.82) is 0 Å². The summed E-state index contributed by atoms with van der Waals surface area (Å²) in [5.41, 5.74) is 0.417. The van der Waals surface area contributed by atoms with Crippen molar-refractivity contribution in [2.24, 2.45) is 5.92 Å². The second-order valence-electron chi connectivity index (χ2n) is 6.54. The number of β-amino-alcohol motifs (C(OH)–C–C–N with tert-alkyl or cyclic N) is 1. The van der Waals surface area contributed by atoms with E-state index in [0.29, 0.717) is 24.1 Å². The molecule has 116 valence electrons. The molecule has 0 radical (unpaired) electrons. The number of aliphatic hydroxyl groups excluding tert-OH is 1. The van der Waals surface area contributed by atoms with Crippen molar-refractivity contribution in [2.45, 2.75) is 31.4 Å². The summed E-state index contributed by atoms with van der Waals surface area (Å²) < 4.78 is 13.7. The standard InChI is InChI=1S/C17H25FN2O/c1-19-9-4-5-13-11-20(10-8-16(13)19)12-17(21)14-6-2-3-7-15(14)18/h2-3,6-7,13,16-17,21H,4-5,8-12H2,1H3. The normalized spacial score (nSPS) is 29.1. The zero-order chi connectivity index (χ0) is 14.8. The van der Waals surface area contributed by atoms with Crippen molar-refractivity contribution >= 4 is 0 Å². The highest BCUT2D eigenvalue weighted by Gasteiger charge is 2.34. The number of nitrogens with zero attached hydrogens (tertiary/aromatic N) is 2. The average molecular weight is 292 g/mol. The van der Waals surface area contributed by atoms with Gasteiger partial charge < -0.3 is 14.9 Å². The summed E-state index contributed by atoms with van der Waals surface area (Å²) in [7, 11) is 2.22. The first kappa shape index (κ1) is 14.9. The number of hydrogen-bond acceptors (Lipinski definition) is 3. The van der Waals surface area contributed by atoms with Crippen LogP contribution in [0.2, 0.25) is 0 Å². The maximum absolute atomic E-state index is 13.7. The number of likely N-dealkylation sites (tertiary alicyclic amines) is 2. The van der Waals surface area contributed by atoms with Gasteiger partial charge in [-0.15, -0.1) is 0 Å². The van der Waals surface area contributed by atoms with Gasteiger partial charge in [-0.25, -0.2) is 4.39 Å². The van der Waals surface area contributed by atoms with Gasteiger partial charge in [-0.2, -0.15) is 0 Å². The molecule has 1 aromatic carbocycles. The molecule has 0 aliphatic carbocycles. The Bertz CT molecular complexity index is 482. The van der Waals surface area contributed by atoms with Crippen LogP contribution in [-0.4, -0.2) is 54.2 Å². The summed E-state index contributed by atoms with van der Waals surface area (Å²) >= 11 is 0. The van der Waals surface area contributed by atoms with E-state index in [-0.39, 0.29) is 5.82 Å². The SMILES string of the molecule is CN1CCCC2CN(CC(O)c3ccccc3F)CCC21. The monoisotopic (exact) mass is 292 g/mol. The molecule has 0 amide bonds. The quantitative estimate of drug-likeness (QED) is 0.926. The summed E-state index contributed by atoms with van der Waals surface area (Å²) in [6.45, 7) is 3.77. The number of fused-ring (bicyclic) bond motifs is 1. The fourth-order valence-corrected chi connectivity index (χ4v) is 3.98. The number of piperidine rings is 2. The Morgan fingerprint density at radius 2 is 2.10 bits per heavy atom. The van der Waals surface area contributed by atoms with Gasteiger partial charge in [0, 0.05) is 24.7 Å². The molecule has 4 heteroatoms. The maximum atomic E-state index is 13.7. The Labute approximate surface area is 126 Å². The second-order valence-corrected chi connectivity index (χ2v) is 6.54. The van der Waals surface area contributed by atoms with Crippen LogP contribution in [0.4, 0.5) is 4.39 Å². The van der Waals surface area contributed by atoms with Crippen LogP contribution < -0.4 is 0 Å². The van der Waals surface area contributed by atoms with Crippen LogP contribution in [0.3, 0.4) is 0 Å². The van der Waals surface area contributed by atoms with Crippen LogP contribution in [0.1, 0.15) is 30.9 Å². The Morgan fingerprint density at radius 3 is 2.90 bits per heavy atom. The van der Waals surface area contributed by atoms with Crippen molar-refractivity contribution in [2.75, 3.05) is 33.2 Å². The van der Waals surface area contributed by atoms with Gasteiger partial charge in [-0.1, -0.05) is 18.2 Å². The zero-order valence-electron chi connectivity index (χ0n) is 12.7. The number of halogens is 1. The van der Waals surface area contributed by atoms with Crippen molar-refractivity contribution in [1.82, 2.24) is 9.80 Å². The van der Waals surface area contributed by atoms with Crippen LogP contribution in [0, 0.1) is 11.7 Å². The Balaban J connectivity index is 1.60. The van der Waals surface area contributed by atoms with Crippen LogP contribution >= 0.6 is 0 Å². The van der Waals surface area contributed by atoms with Gasteiger partial charge in [0.25, 0.3) is 0 Å². The highest BCUT2D eigenvalue weighted by atomic mass is 19.1. The van der Waals surface area contributed by atoms with Gasteiger partial charge >= 0.3 is 0 Å². The van der Waals surface area contributed by atoms with Gasteiger partial charge in [-0.3, -0.25) is 0 Å². The van der Waals surface area contributed by atoms with Crippen LogP contribution in [0.25, 0.3) is 0 Å². The van der Waals surface area contributed by atoms with Gasteiger partial charge in [0.05, 0.1) is 6.10 Å². The second kappa shape index (κ2) is 6.42. The summed E-state index contributed by atoms with van der Waals surface area (Å²) in [5.74, 6) is 0.391. The van der Waals surface area contributed by atoms with E-state index >= 15 is 0 Å². The van der Waals surface area contributed by atoms with Crippen molar-refractivity contribution < 1.29 is 9.50 Å². The number of hydrogen-bond donors (Lipinski definition) is 1. The van der Waals surface area contributed by atoms with E-state index in [0.717, 1.165) is 19.5 Å². The number of rotatable bonds is 3. The summed E-state index contributed by atoms with van der Waals surface area (Å²) in [6, 6.07) is 7.24. The highest BCUT2D eigenvalue weighted by Crippen LogP contribution is 2.30. The Kier molecular flexibility index (Phi) is 4.57. The van der Waals surface area contributed by atoms with Gasteiger partial charge in [0.1, 0.15) is 5.82 Å². The topological polar surface area (TPSA) is 26.7 Å². The third kappa shape index (κ3) is 3.28. The Morgan fingerprint density at radius 1 is 1.29 bits per heavy atom. The highest BCUT2D eigenvalue weighted by molar-refractivity contribution is 5.20. The van der Waals surface area contributed by atoms with Gasteiger partial charge in [0.15, 0.2) is 0 Å². The van der Waals surface area contributed by atoms with E-state index in [1.54, 1.807) is 18.2 Å². The zero-order valence-corrected chi connectivity index (χ0v) is 12.7. The summed E-state index contributed by atoms with van der Waals surface area (Å²) in [5, 5.41) is 10.3. The molecule has 0 bridgehead atoms. The van der Waals surface area contributed by atoms with Crippen LogP contribution in [0.15, 0.2) is 24.3 Å². The predicted octanol–water partition coefficient (Wildman–Crippen LogP) is 2.28. The molecule has 1 aromatic rings. The minimum Gasteiger partial charge on any atom is -0.387 e. The largest absolute Gasteiger partial charge is 0.387 e. The Hall–Kier alpha value is -0.970. The smallest absolute Gasteiger partial charge is 0.129 e. The maximum Gasteiger partial charge on any atom is 0.129 e. The van der Waals surface area contributed by atoms with Crippen LogP contribution in [-0.2, 0) is 0 Å². The van der Waals surface area contributed by atoms with E-state index in [4.69, 9.17) is 0 Å². The molecule has 2 fully saturated rings. The van der Waals surface area contributed by atoms with Crippen molar-refractivity contribution in [3.05, 3.63) is 35.6 Å². The fourth-order valence-electron chi connectivity index (χ4n) is 3.98. The van der Waals surface area contributed by atoms with E-state index in [9.17, 15) is 9.50 Å². The molecule has 0 saturated carbocycles. The first-order chi connectivity index (χ1) is 10.1. The molecule has 0 spiro atoms. The number of aliphatic hydroxyl groups is 1. The first-order valence-electron chi connectivity index (χ1n) is 8.00. The third-order valence-corrected chi connectivity index (χ3v) is 5.13. The molecular weight excluding hydrogens is 267 g/mol. The van der Waals surface area contributed by atoms with Crippen molar-refractivity contribution in [3.63, 3.8) is 0 Å². The molecule has 2 heterocycles. The molecule has 3 rings (SSSR count). The summed E-state index contributed by atoms with van der Waals surface area (Å²) in [4.78, 5) is 4.79. The lowest BCUT2D eigenvalue weighted by molar-refractivity contribution is 0.0168. The third-order valence-electron chi connectivity index (χ3n) is 5.13. The van der Waals surface area contributed by atoms with E-state index in [1.165, 1.54) is 25.5 Å². The van der Waals surface area contributed by atoms with E-state index in [1.807, 2.05) is 0 Å². The first-order valence-corrected chi connectivity index (χ1v) is 8.00. The molecule has 1 N–H and O–H groups in total. The van der Waals surface area contributed by atoms with Gasteiger partial charge in [-0.05, 0) is 51.4 Å². The van der Waals surface area contributed by atoms with Gasteiger partial charge in [0.2, 0.25) is 0 Å². The molecule has 3 atom stereocenters. The molecule has 3 nitrogen and oxygen atoms in total.